The Kier molecular flexibility index (Phi) is 6.36. The van der Waals surface area contributed by atoms with Crippen molar-refractivity contribution in [2.24, 2.45) is 0 Å². The van der Waals surface area contributed by atoms with Crippen LogP contribution in [0, 0.1) is 0 Å². The Bertz CT molecular complexity index is 1390. The normalized spacial score (nSPS) is 18.4. The maximum Gasteiger partial charge on any atom is 0.263 e. The van der Waals surface area contributed by atoms with Gasteiger partial charge in [0, 0.05) is 30.4 Å². The molecule has 0 radical (unpaired) electrons. The number of carbonyl (C=O) groups excluding carboxylic acids is 1. The van der Waals surface area contributed by atoms with Crippen LogP contribution in [0.3, 0.4) is 0 Å². The van der Waals surface area contributed by atoms with Crippen LogP contribution in [0.2, 0.25) is 0 Å². The number of hydrogen-bond donors (Lipinski definition) is 1. The van der Waals surface area contributed by atoms with E-state index in [-0.39, 0.29) is 10.8 Å². The first-order chi connectivity index (χ1) is 16.4. The van der Waals surface area contributed by atoms with Gasteiger partial charge in [-0.25, -0.2) is 13.1 Å². The minimum absolute atomic E-state index is 0.189. The third kappa shape index (κ3) is 4.57. The molecule has 0 bridgehead atoms. The minimum atomic E-state index is -3.67. The summed E-state index contributed by atoms with van der Waals surface area (Å²) in [5.41, 5.74) is 2.69. The van der Waals surface area contributed by atoms with E-state index in [2.05, 4.69) is 5.32 Å². The minimum Gasteiger partial charge on any atom is -0.379 e. The molecule has 0 aliphatic carbocycles. The van der Waals surface area contributed by atoms with Gasteiger partial charge >= 0.3 is 0 Å². The maximum atomic E-state index is 13.2. The summed E-state index contributed by atoms with van der Waals surface area (Å²) in [6.45, 7) is 1.39. The number of ether oxygens (including phenoxy) is 1. The number of aromatic nitrogens is 2. The second-order valence-corrected chi connectivity index (χ2v) is 11.3. The molecule has 3 heterocycles. The molecule has 8 nitrogen and oxygen atoms in total. The van der Waals surface area contributed by atoms with Gasteiger partial charge < -0.3 is 10.1 Å². The molecule has 2 saturated heterocycles. The highest BCUT2D eigenvalue weighted by Crippen LogP contribution is 2.32. The molecule has 174 valence electrons. The summed E-state index contributed by atoms with van der Waals surface area (Å²) in [6.07, 6.45) is 3.54. The first kappa shape index (κ1) is 22.9. The van der Waals surface area contributed by atoms with Gasteiger partial charge in [-0.05, 0) is 30.3 Å². The van der Waals surface area contributed by atoms with E-state index in [9.17, 15) is 13.2 Å². The molecule has 0 spiro atoms. The van der Waals surface area contributed by atoms with Crippen molar-refractivity contribution in [3.8, 4) is 16.9 Å². The van der Waals surface area contributed by atoms with Crippen LogP contribution in [0.1, 0.15) is 5.56 Å². The molecule has 11 heteroatoms. The molecule has 0 atom stereocenters. The summed E-state index contributed by atoms with van der Waals surface area (Å²) in [6, 6.07) is 16.3. The number of nitrogens with zero attached hydrogens (tertiary/aromatic N) is 3. The van der Waals surface area contributed by atoms with E-state index in [1.165, 1.54) is 16.1 Å². The predicted molar refractivity (Wildman–Crippen MR) is 135 cm³/mol. The Balaban J connectivity index is 1.60. The van der Waals surface area contributed by atoms with Gasteiger partial charge in [0.05, 0.1) is 28.7 Å². The van der Waals surface area contributed by atoms with Gasteiger partial charge in [-0.2, -0.15) is 9.40 Å². The van der Waals surface area contributed by atoms with Crippen LogP contribution in [0.15, 0.2) is 70.6 Å². The molecule has 1 aromatic heterocycles. The van der Waals surface area contributed by atoms with Crippen molar-refractivity contribution in [2.45, 2.75) is 4.90 Å². The van der Waals surface area contributed by atoms with E-state index in [1.807, 2.05) is 42.6 Å². The third-order valence-electron chi connectivity index (χ3n) is 5.41. The number of carbonyl (C=O) groups is 1. The quantitative estimate of drug-likeness (QED) is 0.415. The number of sulfonamides is 1. The summed E-state index contributed by atoms with van der Waals surface area (Å²) in [4.78, 5) is 12.9. The second kappa shape index (κ2) is 9.43. The monoisotopic (exact) mass is 512 g/mol. The van der Waals surface area contributed by atoms with Crippen molar-refractivity contribution in [3.05, 3.63) is 71.3 Å². The van der Waals surface area contributed by atoms with E-state index in [1.54, 1.807) is 29.0 Å². The van der Waals surface area contributed by atoms with Crippen LogP contribution in [0.5, 0.6) is 0 Å². The van der Waals surface area contributed by atoms with Crippen molar-refractivity contribution in [3.63, 3.8) is 0 Å². The van der Waals surface area contributed by atoms with Gasteiger partial charge in [0.25, 0.3) is 5.91 Å². The van der Waals surface area contributed by atoms with Crippen LogP contribution in [-0.2, 0) is 19.6 Å². The van der Waals surface area contributed by atoms with E-state index in [0.29, 0.717) is 52.3 Å². The van der Waals surface area contributed by atoms with E-state index in [4.69, 9.17) is 22.1 Å². The Hall–Kier alpha value is -2.83. The molecular formula is C23H20N4O4S3. The van der Waals surface area contributed by atoms with Gasteiger partial charge in [0.1, 0.15) is 10.0 Å². The maximum absolute atomic E-state index is 13.2. The first-order valence-corrected chi connectivity index (χ1v) is 13.2. The molecule has 1 N–H and O–H groups in total. The SMILES string of the molecule is O=C1NC(=S)SC1=Cc1cn(-c2ccccc2)nc1-c1cccc(S(=O)(=O)N2CCOCC2)c1. The van der Waals surface area contributed by atoms with Crippen molar-refractivity contribution < 1.29 is 17.9 Å². The number of morpholine rings is 1. The topological polar surface area (TPSA) is 93.5 Å². The smallest absolute Gasteiger partial charge is 0.263 e. The summed E-state index contributed by atoms with van der Waals surface area (Å²) in [5.74, 6) is -0.267. The Morgan fingerprint density at radius 2 is 1.85 bits per heavy atom. The summed E-state index contributed by atoms with van der Waals surface area (Å²) in [5, 5.41) is 7.36. The molecule has 2 aliphatic heterocycles. The second-order valence-electron chi connectivity index (χ2n) is 7.61. The summed E-state index contributed by atoms with van der Waals surface area (Å²) in [7, 11) is -3.67. The Labute approximate surface area is 206 Å². The lowest BCUT2D eigenvalue weighted by Gasteiger charge is -2.26. The molecule has 2 aliphatic rings. The average molecular weight is 513 g/mol. The number of nitrogens with one attached hydrogen (secondary N) is 1. The van der Waals surface area contributed by atoms with Crippen LogP contribution < -0.4 is 5.32 Å². The molecule has 5 rings (SSSR count). The molecule has 0 unspecified atom stereocenters. The molecule has 34 heavy (non-hydrogen) atoms. The zero-order valence-electron chi connectivity index (χ0n) is 17.9. The van der Waals surface area contributed by atoms with Crippen LogP contribution in [0.4, 0.5) is 0 Å². The number of benzene rings is 2. The Morgan fingerprint density at radius 1 is 1.09 bits per heavy atom. The highest BCUT2D eigenvalue weighted by molar-refractivity contribution is 8.26. The van der Waals surface area contributed by atoms with Gasteiger partial charge in [-0.1, -0.05) is 54.3 Å². The summed E-state index contributed by atoms with van der Waals surface area (Å²) < 4.78 is 35.2. The lowest BCUT2D eigenvalue weighted by atomic mass is 10.1. The van der Waals surface area contributed by atoms with Crippen molar-refractivity contribution in [1.29, 1.82) is 0 Å². The van der Waals surface area contributed by atoms with Gasteiger partial charge in [0.15, 0.2) is 0 Å². The zero-order chi connectivity index (χ0) is 23.7. The molecular weight excluding hydrogens is 492 g/mol. The van der Waals surface area contributed by atoms with Gasteiger partial charge in [-0.3, -0.25) is 4.79 Å². The molecule has 3 aromatic rings. The van der Waals surface area contributed by atoms with Crippen LogP contribution in [-0.4, -0.2) is 59.0 Å². The fourth-order valence-electron chi connectivity index (χ4n) is 3.73. The predicted octanol–water partition coefficient (Wildman–Crippen LogP) is 3.05. The molecule has 2 aromatic carbocycles. The number of para-hydroxylation sites is 1. The lowest BCUT2D eigenvalue weighted by Crippen LogP contribution is -2.40. The highest BCUT2D eigenvalue weighted by atomic mass is 32.2. The highest BCUT2D eigenvalue weighted by Gasteiger charge is 2.27. The first-order valence-electron chi connectivity index (χ1n) is 10.5. The van der Waals surface area contributed by atoms with Crippen molar-refractivity contribution >= 4 is 50.3 Å². The van der Waals surface area contributed by atoms with Crippen LogP contribution in [0.25, 0.3) is 23.0 Å². The fourth-order valence-corrected chi connectivity index (χ4v) is 6.22. The number of thioether (sulfide) groups is 1. The van der Waals surface area contributed by atoms with Gasteiger partial charge in [0.2, 0.25) is 10.0 Å². The standard InChI is InChI=1S/C23H20N4O4S3/c28-22-20(33-23(32)24-22)14-17-15-27(18-6-2-1-3-7-18)25-21(17)16-5-4-8-19(13-16)34(29,30)26-9-11-31-12-10-26/h1-8,13-15H,9-12H2,(H,24,28,32). The Morgan fingerprint density at radius 3 is 2.56 bits per heavy atom. The average Bonchev–Trinajstić information content (AvgIpc) is 3.42. The third-order valence-corrected chi connectivity index (χ3v) is 8.46. The van der Waals surface area contributed by atoms with E-state index >= 15 is 0 Å². The fraction of sp³-hybridized carbons (Fsp3) is 0.174. The van der Waals surface area contributed by atoms with Gasteiger partial charge in [-0.15, -0.1) is 0 Å². The van der Waals surface area contributed by atoms with Crippen LogP contribution >= 0.6 is 24.0 Å². The molecule has 2 fully saturated rings. The number of hydrogen-bond acceptors (Lipinski definition) is 7. The largest absolute Gasteiger partial charge is 0.379 e. The van der Waals surface area contributed by atoms with Crippen molar-refractivity contribution in [1.82, 2.24) is 19.4 Å². The number of thiocarbonyl (C=S) groups is 1. The van der Waals surface area contributed by atoms with E-state index in [0.717, 1.165) is 5.69 Å². The zero-order valence-corrected chi connectivity index (χ0v) is 20.3. The summed E-state index contributed by atoms with van der Waals surface area (Å²) >= 11 is 6.29. The number of rotatable bonds is 5. The van der Waals surface area contributed by atoms with Crippen molar-refractivity contribution in [2.75, 3.05) is 26.3 Å². The molecule has 1 amide bonds. The number of amides is 1. The molecule has 0 saturated carbocycles. The lowest BCUT2D eigenvalue weighted by molar-refractivity contribution is -0.115. The van der Waals surface area contributed by atoms with E-state index < -0.39 is 10.0 Å².